The summed E-state index contributed by atoms with van der Waals surface area (Å²) in [4.78, 5) is 24.4. The molecule has 0 unspecified atom stereocenters. The van der Waals surface area contributed by atoms with Crippen LogP contribution in [0.2, 0.25) is 5.02 Å². The number of halogens is 1. The van der Waals surface area contributed by atoms with Crippen LogP contribution in [0.5, 0.6) is 5.75 Å². The van der Waals surface area contributed by atoms with Gasteiger partial charge in [-0.15, -0.1) is 0 Å². The Balaban J connectivity index is 1.70. The summed E-state index contributed by atoms with van der Waals surface area (Å²) < 4.78 is 32.4. The molecule has 2 amide bonds. The van der Waals surface area contributed by atoms with Crippen molar-refractivity contribution < 1.29 is 22.7 Å². The van der Waals surface area contributed by atoms with Crippen LogP contribution in [0.25, 0.3) is 0 Å². The molecule has 0 spiro atoms. The smallest absolute Gasteiger partial charge is 0.269 e. The molecule has 160 valence electrons. The van der Waals surface area contributed by atoms with E-state index in [2.05, 4.69) is 10.9 Å². The first-order valence-electron chi connectivity index (χ1n) is 9.33. The van der Waals surface area contributed by atoms with Crippen molar-refractivity contribution in [2.45, 2.75) is 24.2 Å². The first kappa shape index (κ1) is 22.1. The van der Waals surface area contributed by atoms with Gasteiger partial charge in [0.05, 0.1) is 13.5 Å². The van der Waals surface area contributed by atoms with E-state index in [9.17, 15) is 18.0 Å². The van der Waals surface area contributed by atoms with Gasteiger partial charge in [-0.05, 0) is 48.7 Å². The van der Waals surface area contributed by atoms with Gasteiger partial charge in [-0.25, -0.2) is 8.42 Å². The Labute approximate surface area is 180 Å². The van der Waals surface area contributed by atoms with Crippen LogP contribution in [-0.2, 0) is 21.2 Å². The van der Waals surface area contributed by atoms with Crippen molar-refractivity contribution in [2.75, 3.05) is 20.2 Å². The third-order valence-corrected chi connectivity index (χ3v) is 6.87. The second kappa shape index (κ2) is 9.46. The van der Waals surface area contributed by atoms with E-state index in [1.54, 1.807) is 24.3 Å². The predicted molar refractivity (Wildman–Crippen MR) is 112 cm³/mol. The summed E-state index contributed by atoms with van der Waals surface area (Å²) >= 11 is 5.81. The zero-order valence-corrected chi connectivity index (χ0v) is 17.9. The lowest BCUT2D eigenvalue weighted by Crippen LogP contribution is -2.42. The molecule has 0 radical (unpaired) electrons. The van der Waals surface area contributed by atoms with Gasteiger partial charge in [-0.1, -0.05) is 23.7 Å². The lowest BCUT2D eigenvalue weighted by Gasteiger charge is -2.18. The Morgan fingerprint density at radius 3 is 2.37 bits per heavy atom. The van der Waals surface area contributed by atoms with Crippen LogP contribution in [0.1, 0.15) is 28.8 Å². The Bertz CT molecular complexity index is 1030. The number of carbonyl (C=O) groups is 2. The maximum atomic E-state index is 12.9. The molecule has 2 N–H and O–H groups in total. The number of hydrogen-bond donors (Lipinski definition) is 2. The maximum absolute atomic E-state index is 12.9. The van der Waals surface area contributed by atoms with E-state index in [0.29, 0.717) is 18.1 Å². The van der Waals surface area contributed by atoms with Crippen molar-refractivity contribution in [1.29, 1.82) is 0 Å². The lowest BCUT2D eigenvalue weighted by molar-refractivity contribution is -0.121. The quantitative estimate of drug-likeness (QED) is 0.655. The van der Waals surface area contributed by atoms with Gasteiger partial charge in [0, 0.05) is 23.7 Å². The fraction of sp³-hybridized carbons (Fsp3) is 0.300. The van der Waals surface area contributed by atoms with Gasteiger partial charge in [0.25, 0.3) is 5.91 Å². The molecule has 3 rings (SSSR count). The summed E-state index contributed by atoms with van der Waals surface area (Å²) in [5.41, 5.74) is 5.44. The highest BCUT2D eigenvalue weighted by Gasteiger charge is 2.30. The summed E-state index contributed by atoms with van der Waals surface area (Å²) in [6.45, 7) is 0.866. The van der Waals surface area contributed by atoms with Crippen molar-refractivity contribution in [3.05, 3.63) is 58.6 Å². The minimum Gasteiger partial charge on any atom is -0.495 e. The minimum absolute atomic E-state index is 0.0502. The summed E-state index contributed by atoms with van der Waals surface area (Å²) in [5, 5.41) is 0.562. The van der Waals surface area contributed by atoms with Crippen molar-refractivity contribution in [3.63, 3.8) is 0 Å². The van der Waals surface area contributed by atoms with Crippen molar-refractivity contribution in [3.8, 4) is 5.75 Å². The Hall–Kier alpha value is -2.62. The number of amides is 2. The Morgan fingerprint density at radius 1 is 1.07 bits per heavy atom. The first-order valence-corrected chi connectivity index (χ1v) is 11.1. The Kier molecular flexibility index (Phi) is 6.96. The highest BCUT2D eigenvalue weighted by atomic mass is 35.5. The molecular weight excluding hydrogens is 430 g/mol. The van der Waals surface area contributed by atoms with Crippen LogP contribution < -0.4 is 15.6 Å². The van der Waals surface area contributed by atoms with Gasteiger partial charge in [-0.3, -0.25) is 20.4 Å². The largest absolute Gasteiger partial charge is 0.495 e. The highest BCUT2D eigenvalue weighted by molar-refractivity contribution is 7.89. The third-order valence-electron chi connectivity index (χ3n) is 4.70. The van der Waals surface area contributed by atoms with Gasteiger partial charge >= 0.3 is 0 Å². The molecule has 0 saturated carbocycles. The zero-order chi connectivity index (χ0) is 21.7. The molecule has 1 fully saturated rings. The van der Waals surface area contributed by atoms with Gasteiger partial charge in [0.15, 0.2) is 0 Å². The van der Waals surface area contributed by atoms with E-state index >= 15 is 0 Å². The van der Waals surface area contributed by atoms with E-state index in [1.807, 2.05) is 0 Å². The molecule has 0 bridgehead atoms. The van der Waals surface area contributed by atoms with Gasteiger partial charge in [-0.2, -0.15) is 4.31 Å². The molecule has 30 heavy (non-hydrogen) atoms. The Morgan fingerprint density at radius 2 is 1.73 bits per heavy atom. The second-order valence-electron chi connectivity index (χ2n) is 6.78. The average molecular weight is 452 g/mol. The number of carbonyl (C=O) groups excluding carboxylic acids is 2. The predicted octanol–water partition coefficient (Wildman–Crippen LogP) is 2.14. The molecule has 1 saturated heterocycles. The normalized spacial score (nSPS) is 14.3. The molecule has 2 aromatic carbocycles. The number of hydrogen-bond acceptors (Lipinski definition) is 5. The molecule has 10 heteroatoms. The van der Waals surface area contributed by atoms with Crippen LogP contribution >= 0.6 is 11.6 Å². The first-order chi connectivity index (χ1) is 14.3. The number of sulfonamides is 1. The minimum atomic E-state index is -3.78. The highest BCUT2D eigenvalue weighted by Crippen LogP contribution is 2.29. The number of benzene rings is 2. The molecule has 2 aromatic rings. The molecule has 1 aliphatic heterocycles. The third kappa shape index (κ3) is 5.10. The topological polar surface area (TPSA) is 105 Å². The number of nitrogens with one attached hydrogen (secondary N) is 2. The van der Waals surface area contributed by atoms with Crippen LogP contribution in [-0.4, -0.2) is 44.7 Å². The summed E-state index contributed by atoms with van der Waals surface area (Å²) in [7, 11) is -2.41. The molecule has 1 heterocycles. The monoisotopic (exact) mass is 451 g/mol. The second-order valence-corrected chi connectivity index (χ2v) is 9.13. The van der Waals surface area contributed by atoms with Gasteiger partial charge in [0.1, 0.15) is 10.6 Å². The number of methoxy groups -OCH3 is 1. The molecule has 8 nitrogen and oxygen atoms in total. The summed E-state index contributed by atoms with van der Waals surface area (Å²) in [5.74, 6) is -0.908. The summed E-state index contributed by atoms with van der Waals surface area (Å²) in [6, 6.07) is 10.9. The van der Waals surface area contributed by atoms with E-state index in [-0.39, 0.29) is 22.6 Å². The molecular formula is C20H22ClN3O5S. The van der Waals surface area contributed by atoms with E-state index < -0.39 is 21.8 Å². The molecule has 0 aromatic heterocycles. The van der Waals surface area contributed by atoms with E-state index in [1.165, 1.54) is 29.6 Å². The van der Waals surface area contributed by atoms with Crippen molar-refractivity contribution in [2.24, 2.45) is 0 Å². The average Bonchev–Trinajstić information content (AvgIpc) is 3.29. The van der Waals surface area contributed by atoms with Gasteiger partial charge < -0.3 is 4.74 Å². The molecule has 0 aliphatic carbocycles. The standard InChI is InChI=1S/C20H22ClN3O5S/c1-29-17-9-6-15(13-18(17)30(27,28)24-10-2-3-11-24)20(26)23-22-19(25)12-14-4-7-16(21)8-5-14/h4-9,13H,2-3,10-12H2,1H3,(H,22,25)(H,23,26). The fourth-order valence-corrected chi connectivity index (χ4v) is 4.94. The number of hydrazine groups is 1. The summed E-state index contributed by atoms with van der Waals surface area (Å²) in [6.07, 6.45) is 1.64. The number of nitrogens with zero attached hydrogens (tertiary/aromatic N) is 1. The van der Waals surface area contributed by atoms with Gasteiger partial charge in [0.2, 0.25) is 15.9 Å². The van der Waals surface area contributed by atoms with Crippen LogP contribution in [0.15, 0.2) is 47.4 Å². The lowest BCUT2D eigenvalue weighted by atomic mass is 10.1. The van der Waals surface area contributed by atoms with Crippen LogP contribution in [0, 0.1) is 0 Å². The van der Waals surface area contributed by atoms with Crippen molar-refractivity contribution in [1.82, 2.24) is 15.2 Å². The zero-order valence-electron chi connectivity index (χ0n) is 16.4. The van der Waals surface area contributed by atoms with Crippen molar-refractivity contribution >= 4 is 33.4 Å². The fourth-order valence-electron chi connectivity index (χ4n) is 3.12. The van der Waals surface area contributed by atoms with Crippen LogP contribution in [0.4, 0.5) is 0 Å². The maximum Gasteiger partial charge on any atom is 0.269 e. The van der Waals surface area contributed by atoms with Crippen LogP contribution in [0.3, 0.4) is 0 Å². The number of ether oxygens (including phenoxy) is 1. The van der Waals surface area contributed by atoms with E-state index in [4.69, 9.17) is 16.3 Å². The SMILES string of the molecule is COc1ccc(C(=O)NNC(=O)Cc2ccc(Cl)cc2)cc1S(=O)(=O)N1CCCC1. The molecule has 1 aliphatic rings. The van der Waals surface area contributed by atoms with E-state index in [0.717, 1.165) is 18.4 Å². The molecule has 0 atom stereocenters. The number of rotatable bonds is 6.